The molecule has 1 amide bonds. The predicted octanol–water partition coefficient (Wildman–Crippen LogP) is 4.16. The zero-order valence-electron chi connectivity index (χ0n) is 13.6. The summed E-state index contributed by atoms with van der Waals surface area (Å²) >= 11 is 6.08. The molecule has 0 saturated heterocycles. The van der Waals surface area contributed by atoms with Crippen molar-refractivity contribution in [2.75, 3.05) is 11.6 Å². The van der Waals surface area contributed by atoms with Crippen LogP contribution in [0.4, 0.5) is 5.69 Å². The maximum atomic E-state index is 12.8. The third kappa shape index (κ3) is 3.57. The van der Waals surface area contributed by atoms with Gasteiger partial charge in [-0.25, -0.2) is 0 Å². The van der Waals surface area contributed by atoms with Gasteiger partial charge in [-0.1, -0.05) is 35.7 Å². The first-order valence-electron chi connectivity index (χ1n) is 7.63. The van der Waals surface area contributed by atoms with E-state index >= 15 is 0 Å². The van der Waals surface area contributed by atoms with Gasteiger partial charge < -0.3 is 4.74 Å². The van der Waals surface area contributed by atoms with Gasteiger partial charge in [0.2, 0.25) is 0 Å². The second kappa shape index (κ2) is 7.25. The topological polar surface area (TPSA) is 41.9 Å². The van der Waals surface area contributed by atoms with Crippen LogP contribution in [0.2, 0.25) is 5.02 Å². The van der Waals surface area contributed by atoms with Crippen LogP contribution < -0.4 is 9.75 Å². The van der Waals surface area contributed by atoms with Gasteiger partial charge in [0.05, 0.1) is 17.0 Å². The van der Waals surface area contributed by atoms with Gasteiger partial charge in [-0.15, -0.1) is 6.42 Å². The fourth-order valence-corrected chi connectivity index (χ4v) is 2.65. The van der Waals surface area contributed by atoms with E-state index in [1.165, 1.54) is 5.01 Å². The van der Waals surface area contributed by atoms with Gasteiger partial charge in [-0.05, 0) is 43.3 Å². The lowest BCUT2D eigenvalue weighted by Gasteiger charge is -2.11. The van der Waals surface area contributed by atoms with Gasteiger partial charge in [-0.3, -0.25) is 4.79 Å². The van der Waals surface area contributed by atoms with Crippen LogP contribution in [-0.2, 0) is 4.79 Å². The molecule has 1 heterocycles. The Kier molecular flexibility index (Phi) is 4.87. The normalized spacial score (nSPS) is 15.2. The van der Waals surface area contributed by atoms with Crippen molar-refractivity contribution in [3.8, 4) is 18.1 Å². The van der Waals surface area contributed by atoms with E-state index < -0.39 is 0 Å². The Bertz CT molecular complexity index is 911. The van der Waals surface area contributed by atoms with Gasteiger partial charge in [0.15, 0.2) is 0 Å². The molecule has 2 aromatic rings. The lowest BCUT2D eigenvalue weighted by Crippen LogP contribution is -2.21. The minimum absolute atomic E-state index is 0.134. The van der Waals surface area contributed by atoms with Crippen molar-refractivity contribution < 1.29 is 9.53 Å². The van der Waals surface area contributed by atoms with Crippen LogP contribution in [0.3, 0.4) is 0 Å². The van der Waals surface area contributed by atoms with Crippen LogP contribution >= 0.6 is 11.6 Å². The van der Waals surface area contributed by atoms with Crippen molar-refractivity contribution in [1.29, 1.82) is 0 Å². The molecule has 1 aliphatic heterocycles. The maximum absolute atomic E-state index is 12.8. The number of anilines is 1. The third-order valence-corrected chi connectivity index (χ3v) is 3.88. The molecule has 0 atom stereocenters. The zero-order chi connectivity index (χ0) is 17.8. The molecule has 1 aliphatic rings. The van der Waals surface area contributed by atoms with Crippen molar-refractivity contribution in [2.45, 2.75) is 6.92 Å². The molecular formula is C20H15ClN2O2. The maximum Gasteiger partial charge on any atom is 0.280 e. The number of para-hydroxylation sites is 1. The molecule has 25 heavy (non-hydrogen) atoms. The number of benzene rings is 2. The lowest BCUT2D eigenvalue weighted by atomic mass is 10.1. The summed E-state index contributed by atoms with van der Waals surface area (Å²) in [5.74, 6) is 2.78. The number of hydrazone groups is 1. The van der Waals surface area contributed by atoms with Crippen molar-refractivity contribution >= 4 is 35.0 Å². The second-order valence-electron chi connectivity index (χ2n) is 5.37. The van der Waals surface area contributed by atoms with Crippen molar-refractivity contribution in [2.24, 2.45) is 5.10 Å². The quantitative estimate of drug-likeness (QED) is 0.613. The number of hydrogen-bond acceptors (Lipinski definition) is 3. The first-order valence-corrected chi connectivity index (χ1v) is 8.00. The molecule has 4 nitrogen and oxygen atoms in total. The average molecular weight is 351 g/mol. The first kappa shape index (κ1) is 16.8. The number of halogens is 1. The Labute approximate surface area is 151 Å². The number of hydrogen-bond donors (Lipinski definition) is 0. The van der Waals surface area contributed by atoms with E-state index in [-0.39, 0.29) is 12.5 Å². The largest absolute Gasteiger partial charge is 0.480 e. The monoisotopic (exact) mass is 350 g/mol. The Morgan fingerprint density at radius 2 is 2.04 bits per heavy atom. The minimum Gasteiger partial charge on any atom is -0.480 e. The predicted molar refractivity (Wildman–Crippen MR) is 101 cm³/mol. The highest BCUT2D eigenvalue weighted by Gasteiger charge is 2.28. The fourth-order valence-electron chi connectivity index (χ4n) is 2.47. The Morgan fingerprint density at radius 3 is 2.76 bits per heavy atom. The van der Waals surface area contributed by atoms with E-state index in [1.54, 1.807) is 31.2 Å². The Balaban J connectivity index is 1.97. The number of carbonyl (C=O) groups excluding carboxylic acids is 1. The summed E-state index contributed by atoms with van der Waals surface area (Å²) in [4.78, 5) is 12.8. The van der Waals surface area contributed by atoms with Gasteiger partial charge >= 0.3 is 0 Å². The summed E-state index contributed by atoms with van der Waals surface area (Å²) in [6.07, 6.45) is 6.97. The van der Waals surface area contributed by atoms with E-state index in [0.717, 1.165) is 0 Å². The first-order chi connectivity index (χ1) is 12.1. The lowest BCUT2D eigenvalue weighted by molar-refractivity contribution is -0.114. The number of terminal acetylenes is 1. The Morgan fingerprint density at radius 1 is 1.28 bits per heavy atom. The van der Waals surface area contributed by atoms with Crippen LogP contribution in [0.1, 0.15) is 12.5 Å². The number of amides is 1. The van der Waals surface area contributed by atoms with Gasteiger partial charge in [0.1, 0.15) is 12.4 Å². The molecule has 2 aromatic carbocycles. The van der Waals surface area contributed by atoms with Crippen molar-refractivity contribution in [3.05, 3.63) is 64.7 Å². The number of ether oxygens (including phenoxy) is 1. The summed E-state index contributed by atoms with van der Waals surface area (Å²) in [5.41, 5.74) is 2.49. The standard InChI is InChI=1S/C20H15ClN2O2/c1-3-11-25-19-10-9-16(21)12-15(19)13-18-14(2)22-23(20(18)24)17-7-5-4-6-8-17/h1,4-10,12-13H,11H2,2H3/b18-13-. The van der Waals surface area contributed by atoms with E-state index in [2.05, 4.69) is 11.0 Å². The van der Waals surface area contributed by atoms with E-state index in [0.29, 0.717) is 33.3 Å². The van der Waals surface area contributed by atoms with Crippen LogP contribution in [0.5, 0.6) is 5.75 Å². The highest BCUT2D eigenvalue weighted by molar-refractivity contribution is 6.33. The summed E-state index contributed by atoms with van der Waals surface area (Å²) in [7, 11) is 0. The highest BCUT2D eigenvalue weighted by Crippen LogP contribution is 2.29. The minimum atomic E-state index is -0.202. The summed E-state index contributed by atoms with van der Waals surface area (Å²) in [6.45, 7) is 1.92. The molecule has 0 aromatic heterocycles. The van der Waals surface area contributed by atoms with Crippen molar-refractivity contribution in [3.63, 3.8) is 0 Å². The molecule has 0 spiro atoms. The molecule has 0 aliphatic carbocycles. The van der Waals surface area contributed by atoms with Crippen LogP contribution in [0.15, 0.2) is 59.2 Å². The van der Waals surface area contributed by atoms with Gasteiger partial charge in [-0.2, -0.15) is 10.1 Å². The van der Waals surface area contributed by atoms with E-state index in [1.807, 2.05) is 30.3 Å². The Hall–Kier alpha value is -3.03. The summed E-state index contributed by atoms with van der Waals surface area (Å²) in [5, 5.41) is 6.28. The molecule has 3 rings (SSSR count). The molecule has 0 unspecified atom stereocenters. The highest BCUT2D eigenvalue weighted by atomic mass is 35.5. The van der Waals surface area contributed by atoms with Crippen molar-refractivity contribution in [1.82, 2.24) is 0 Å². The van der Waals surface area contributed by atoms with Gasteiger partial charge in [0, 0.05) is 10.6 Å². The molecule has 0 radical (unpaired) electrons. The molecule has 124 valence electrons. The number of nitrogens with zero attached hydrogens (tertiary/aromatic N) is 2. The van der Waals surface area contributed by atoms with Crippen LogP contribution in [0.25, 0.3) is 6.08 Å². The number of rotatable bonds is 4. The summed E-state index contributed by atoms with van der Waals surface area (Å²) < 4.78 is 5.53. The van der Waals surface area contributed by atoms with Crippen LogP contribution in [0, 0.1) is 12.3 Å². The number of carbonyl (C=O) groups is 1. The average Bonchev–Trinajstić information content (AvgIpc) is 2.90. The third-order valence-electron chi connectivity index (χ3n) is 3.65. The molecular weight excluding hydrogens is 336 g/mol. The fraction of sp³-hybridized carbons (Fsp3) is 0.100. The molecule has 0 bridgehead atoms. The zero-order valence-corrected chi connectivity index (χ0v) is 14.3. The summed E-state index contributed by atoms with van der Waals surface area (Å²) in [6, 6.07) is 14.4. The SMILES string of the molecule is C#CCOc1ccc(Cl)cc1/C=C1\C(=O)N(c2ccccc2)N=C1C. The van der Waals surface area contributed by atoms with E-state index in [9.17, 15) is 4.79 Å². The van der Waals surface area contributed by atoms with E-state index in [4.69, 9.17) is 22.8 Å². The molecule has 0 N–H and O–H groups in total. The smallest absolute Gasteiger partial charge is 0.280 e. The second-order valence-corrected chi connectivity index (χ2v) is 5.81. The van der Waals surface area contributed by atoms with Gasteiger partial charge in [0.25, 0.3) is 5.91 Å². The molecule has 0 saturated carbocycles. The molecule has 0 fully saturated rings. The molecule has 5 heteroatoms. The van der Waals surface area contributed by atoms with Crippen LogP contribution in [-0.4, -0.2) is 18.2 Å².